The molecule has 0 atom stereocenters. The molecule has 1 fully saturated rings. The van der Waals surface area contributed by atoms with E-state index in [0.717, 1.165) is 0 Å². The van der Waals surface area contributed by atoms with Crippen LogP contribution in [0.3, 0.4) is 0 Å². The minimum absolute atomic E-state index is 0.159. The Hall–Kier alpha value is -2.02. The molecule has 0 saturated carbocycles. The summed E-state index contributed by atoms with van der Waals surface area (Å²) in [6.07, 6.45) is 1.15. The molecule has 1 aliphatic rings. The molecule has 22 heavy (non-hydrogen) atoms. The number of halogens is 1. The van der Waals surface area contributed by atoms with E-state index >= 15 is 0 Å². The normalized spacial score (nSPS) is 15.5. The number of carbonyl (C=O) groups excluding carboxylic acids is 2. The van der Waals surface area contributed by atoms with E-state index in [1.165, 1.54) is 11.1 Å². The third kappa shape index (κ3) is 3.41. The fourth-order valence-corrected chi connectivity index (χ4v) is 2.40. The Morgan fingerprint density at radius 3 is 2.59 bits per heavy atom. The molecule has 0 unspecified atom stereocenters. The lowest BCUT2D eigenvalue weighted by Gasteiger charge is -2.27. The third-order valence-corrected chi connectivity index (χ3v) is 3.45. The Morgan fingerprint density at radius 1 is 1.41 bits per heavy atom. The van der Waals surface area contributed by atoms with Crippen LogP contribution < -0.4 is 10.1 Å². The van der Waals surface area contributed by atoms with Gasteiger partial charge in [0.2, 0.25) is 0 Å². The van der Waals surface area contributed by atoms with E-state index in [2.05, 4.69) is 10.3 Å². The van der Waals surface area contributed by atoms with E-state index in [0.29, 0.717) is 32.5 Å². The first-order valence-electron chi connectivity index (χ1n) is 7.16. The summed E-state index contributed by atoms with van der Waals surface area (Å²) in [5, 5.41) is 3.11. The second-order valence-corrected chi connectivity index (χ2v) is 6.18. The summed E-state index contributed by atoms with van der Waals surface area (Å²) < 4.78 is 19.7. The number of nitrogens with zero attached hydrogens (tertiary/aromatic N) is 2. The van der Waals surface area contributed by atoms with Gasteiger partial charge in [-0.15, -0.1) is 0 Å². The van der Waals surface area contributed by atoms with Crippen molar-refractivity contribution in [1.82, 2.24) is 15.2 Å². The smallest absolute Gasteiger partial charge is 0.388 e. The number of piperazine rings is 1. The van der Waals surface area contributed by atoms with E-state index in [4.69, 9.17) is 4.74 Å². The van der Waals surface area contributed by atoms with Crippen molar-refractivity contribution in [2.45, 2.75) is 26.2 Å². The Morgan fingerprint density at radius 2 is 2.05 bits per heavy atom. The molecule has 0 bridgehead atoms. The predicted octanol–water partition coefficient (Wildman–Crippen LogP) is 1.73. The molecular weight excluding hydrogens is 289 g/mol. The second kappa shape index (κ2) is 6.39. The van der Waals surface area contributed by atoms with Gasteiger partial charge in [0, 0.05) is 43.5 Å². The molecule has 2 rings (SSSR count). The van der Waals surface area contributed by atoms with Crippen molar-refractivity contribution in [3.63, 3.8) is 0 Å². The number of hydrogen-bond acceptors (Lipinski definition) is 5. The van der Waals surface area contributed by atoms with E-state index in [1.807, 2.05) is 0 Å². The molecule has 0 radical (unpaired) electrons. The van der Waals surface area contributed by atoms with Crippen LogP contribution in [-0.2, 0) is 5.41 Å². The van der Waals surface area contributed by atoms with E-state index < -0.39 is 17.3 Å². The van der Waals surface area contributed by atoms with Crippen molar-refractivity contribution in [3.8, 4) is 5.88 Å². The maximum Gasteiger partial charge on any atom is 0.416 e. The number of rotatable bonds is 2. The highest BCUT2D eigenvalue weighted by molar-refractivity contribution is 5.78. The maximum atomic E-state index is 14.6. The first-order valence-corrected chi connectivity index (χ1v) is 7.16. The molecule has 6 nitrogen and oxygen atoms in total. The number of aromatic nitrogens is 1. The lowest BCUT2D eigenvalue weighted by Crippen LogP contribution is -2.47. The summed E-state index contributed by atoms with van der Waals surface area (Å²) in [7, 11) is 0. The summed E-state index contributed by atoms with van der Waals surface area (Å²) in [4.78, 5) is 28.4. The Labute approximate surface area is 128 Å². The quantitative estimate of drug-likeness (QED) is 0.843. The second-order valence-electron chi connectivity index (χ2n) is 6.18. The van der Waals surface area contributed by atoms with Gasteiger partial charge in [-0.3, -0.25) is 4.79 Å². The molecule has 7 heteroatoms. The zero-order valence-corrected chi connectivity index (χ0v) is 13.0. The predicted molar refractivity (Wildman–Crippen MR) is 78.7 cm³/mol. The lowest BCUT2D eigenvalue weighted by atomic mass is 9.84. The summed E-state index contributed by atoms with van der Waals surface area (Å²) in [6.45, 7) is 7.67. The van der Waals surface area contributed by atoms with Gasteiger partial charge in [-0.1, -0.05) is 20.8 Å². The molecule has 1 aromatic heterocycles. The van der Waals surface area contributed by atoms with Crippen molar-refractivity contribution in [2.75, 3.05) is 26.2 Å². The van der Waals surface area contributed by atoms with Gasteiger partial charge in [0.25, 0.3) is 5.88 Å². The summed E-state index contributed by atoms with van der Waals surface area (Å²) in [6, 6.07) is 0. The zero-order chi connectivity index (χ0) is 16.3. The molecule has 120 valence electrons. The molecule has 2 heterocycles. The van der Waals surface area contributed by atoms with Crippen LogP contribution in [0.4, 0.5) is 9.18 Å². The van der Waals surface area contributed by atoms with E-state index in [9.17, 15) is 14.0 Å². The van der Waals surface area contributed by atoms with Crippen LogP contribution in [0.2, 0.25) is 0 Å². The highest BCUT2D eigenvalue weighted by Crippen LogP contribution is 2.31. The fraction of sp³-hybridized carbons (Fsp3) is 0.533. The molecular formula is C15H20FN3O3. The Kier molecular flexibility index (Phi) is 4.75. The van der Waals surface area contributed by atoms with Gasteiger partial charge in [-0.25, -0.2) is 14.2 Å². The fourth-order valence-electron chi connectivity index (χ4n) is 2.40. The topological polar surface area (TPSA) is 71.5 Å². The van der Waals surface area contributed by atoms with Gasteiger partial charge in [0.1, 0.15) is 0 Å². The molecule has 0 aromatic carbocycles. The SMILES string of the molecule is CC(C)(C)c1c(C=O)cnc(OC(=O)N2CCNCC2)c1F. The highest BCUT2D eigenvalue weighted by atomic mass is 19.1. The number of carbonyl (C=O) groups is 2. The van der Waals surface area contributed by atoms with Crippen molar-refractivity contribution in [1.29, 1.82) is 0 Å². The number of ether oxygens (including phenoxy) is 1. The van der Waals surface area contributed by atoms with Gasteiger partial charge >= 0.3 is 6.09 Å². The monoisotopic (exact) mass is 309 g/mol. The minimum atomic E-state index is -0.763. The molecule has 1 aliphatic heterocycles. The largest absolute Gasteiger partial charge is 0.416 e. The maximum absolute atomic E-state index is 14.6. The average Bonchev–Trinajstić information content (AvgIpc) is 2.48. The summed E-state index contributed by atoms with van der Waals surface area (Å²) in [5.74, 6) is -1.15. The molecule has 1 aromatic rings. The Balaban J connectivity index is 2.28. The number of aldehydes is 1. The lowest BCUT2D eigenvalue weighted by molar-refractivity contribution is 0.112. The molecule has 1 N–H and O–H groups in total. The standard InChI is InChI=1S/C15H20FN3O3/c1-15(2,3)11-10(9-20)8-18-13(12(11)16)22-14(21)19-6-4-17-5-7-19/h8-9,17H,4-7H2,1-3H3. The van der Waals surface area contributed by atoms with Gasteiger partial charge < -0.3 is 15.0 Å². The summed E-state index contributed by atoms with van der Waals surface area (Å²) >= 11 is 0. The zero-order valence-electron chi connectivity index (χ0n) is 13.0. The van der Waals surface area contributed by atoms with E-state index in [-0.39, 0.29) is 17.0 Å². The highest BCUT2D eigenvalue weighted by Gasteiger charge is 2.28. The molecule has 0 spiro atoms. The number of hydrogen-bond donors (Lipinski definition) is 1. The molecule has 0 aliphatic carbocycles. The minimum Gasteiger partial charge on any atom is -0.388 e. The van der Waals surface area contributed by atoms with Crippen LogP contribution in [-0.4, -0.2) is 48.4 Å². The number of pyridine rings is 1. The summed E-state index contributed by atoms with van der Waals surface area (Å²) in [5.41, 5.74) is -0.257. The van der Waals surface area contributed by atoms with Crippen molar-refractivity contribution in [2.24, 2.45) is 0 Å². The van der Waals surface area contributed by atoms with Crippen LogP contribution in [0.25, 0.3) is 0 Å². The van der Waals surface area contributed by atoms with Crippen molar-refractivity contribution >= 4 is 12.4 Å². The average molecular weight is 309 g/mol. The molecule has 1 amide bonds. The third-order valence-electron chi connectivity index (χ3n) is 3.45. The van der Waals surface area contributed by atoms with Gasteiger partial charge in [-0.05, 0) is 5.41 Å². The number of nitrogens with one attached hydrogen (secondary N) is 1. The van der Waals surface area contributed by atoms with Crippen LogP contribution >= 0.6 is 0 Å². The molecule has 1 saturated heterocycles. The van der Waals surface area contributed by atoms with Crippen LogP contribution in [0.5, 0.6) is 5.88 Å². The first kappa shape index (κ1) is 16.4. The Bertz CT molecular complexity index is 578. The number of amides is 1. The van der Waals surface area contributed by atoms with E-state index in [1.54, 1.807) is 20.8 Å². The van der Waals surface area contributed by atoms with Gasteiger partial charge in [0.05, 0.1) is 0 Å². The van der Waals surface area contributed by atoms with Crippen molar-refractivity contribution < 1.29 is 18.7 Å². The van der Waals surface area contributed by atoms with Crippen LogP contribution in [0, 0.1) is 5.82 Å². The van der Waals surface area contributed by atoms with Crippen molar-refractivity contribution in [3.05, 3.63) is 23.1 Å². The van der Waals surface area contributed by atoms with Gasteiger partial charge in [0.15, 0.2) is 12.1 Å². The van der Waals surface area contributed by atoms with Crippen LogP contribution in [0.15, 0.2) is 6.20 Å². The first-order chi connectivity index (χ1) is 10.3. The van der Waals surface area contributed by atoms with Crippen LogP contribution in [0.1, 0.15) is 36.7 Å². The van der Waals surface area contributed by atoms with Gasteiger partial charge in [-0.2, -0.15) is 0 Å².